The van der Waals surface area contributed by atoms with Gasteiger partial charge in [-0.25, -0.2) is 4.98 Å². The van der Waals surface area contributed by atoms with Crippen molar-refractivity contribution in [3.63, 3.8) is 0 Å². The number of amides is 1. The van der Waals surface area contributed by atoms with Crippen molar-refractivity contribution >= 4 is 22.7 Å². The molecule has 0 aliphatic carbocycles. The Bertz CT molecular complexity index is 1520. The highest BCUT2D eigenvalue weighted by Crippen LogP contribution is 2.32. The third-order valence-electron chi connectivity index (χ3n) is 5.98. The summed E-state index contributed by atoms with van der Waals surface area (Å²) in [6.45, 7) is 6.28. The molecule has 5 rings (SSSR count). The van der Waals surface area contributed by atoms with Crippen LogP contribution in [0.15, 0.2) is 65.2 Å². The number of hydrogen-bond donors (Lipinski definition) is 1. The minimum atomic E-state index is -0.274. The van der Waals surface area contributed by atoms with Gasteiger partial charge in [0, 0.05) is 11.3 Å². The molecule has 0 saturated heterocycles. The Morgan fingerprint density at radius 2 is 1.80 bits per heavy atom. The minimum Gasteiger partial charge on any atom is -0.497 e. The van der Waals surface area contributed by atoms with E-state index >= 15 is 0 Å². The summed E-state index contributed by atoms with van der Waals surface area (Å²) < 4.78 is 12.7. The third-order valence-corrected chi connectivity index (χ3v) is 5.98. The molecule has 0 atom stereocenters. The van der Waals surface area contributed by atoms with E-state index in [-0.39, 0.29) is 5.91 Å². The number of carbonyl (C=O) groups excluding carboxylic acids is 1. The van der Waals surface area contributed by atoms with E-state index in [0.717, 1.165) is 28.3 Å². The van der Waals surface area contributed by atoms with Gasteiger partial charge in [0.15, 0.2) is 0 Å². The van der Waals surface area contributed by atoms with E-state index in [0.29, 0.717) is 40.3 Å². The largest absolute Gasteiger partial charge is 0.497 e. The van der Waals surface area contributed by atoms with E-state index in [1.54, 1.807) is 13.2 Å². The molecule has 0 bridgehead atoms. The fourth-order valence-electron chi connectivity index (χ4n) is 4.17. The van der Waals surface area contributed by atoms with E-state index in [1.807, 2.05) is 67.9 Å². The van der Waals surface area contributed by atoms with Crippen LogP contribution in [-0.4, -0.2) is 32.9 Å². The zero-order valence-electron chi connectivity index (χ0n) is 20.0. The first-order chi connectivity index (χ1) is 16.9. The SMILES string of the molecule is COc1ccc(-c2noc3nc(C)cc(C(=O)Nc4c(C)nn(Cc5ccccc5)c4C)c23)cc1. The van der Waals surface area contributed by atoms with Gasteiger partial charge in [-0.3, -0.25) is 9.48 Å². The number of nitrogens with zero attached hydrogens (tertiary/aromatic N) is 4. The van der Waals surface area contributed by atoms with Gasteiger partial charge in [-0.1, -0.05) is 35.5 Å². The predicted molar refractivity (Wildman–Crippen MR) is 134 cm³/mol. The van der Waals surface area contributed by atoms with Crippen LogP contribution >= 0.6 is 0 Å². The third kappa shape index (κ3) is 4.26. The van der Waals surface area contributed by atoms with Crippen LogP contribution in [0.2, 0.25) is 0 Å². The summed E-state index contributed by atoms with van der Waals surface area (Å²) in [5, 5.41) is 12.5. The number of nitrogens with one attached hydrogen (secondary N) is 1. The second-order valence-electron chi connectivity index (χ2n) is 8.39. The molecular formula is C27H25N5O3. The van der Waals surface area contributed by atoms with Crippen LogP contribution in [0.25, 0.3) is 22.4 Å². The first-order valence-electron chi connectivity index (χ1n) is 11.3. The lowest BCUT2D eigenvalue weighted by Gasteiger charge is -2.09. The average Bonchev–Trinajstić information content (AvgIpc) is 3.40. The molecule has 1 N–H and O–H groups in total. The zero-order valence-corrected chi connectivity index (χ0v) is 20.0. The maximum atomic E-state index is 13.6. The Labute approximate surface area is 202 Å². The lowest BCUT2D eigenvalue weighted by Crippen LogP contribution is -2.14. The molecule has 0 fully saturated rings. The highest BCUT2D eigenvalue weighted by Gasteiger charge is 2.23. The Morgan fingerprint density at radius 3 is 2.51 bits per heavy atom. The molecule has 176 valence electrons. The van der Waals surface area contributed by atoms with Crippen molar-refractivity contribution in [2.45, 2.75) is 27.3 Å². The first kappa shape index (κ1) is 22.3. The normalized spacial score (nSPS) is 11.1. The maximum Gasteiger partial charge on any atom is 0.259 e. The number of anilines is 1. The number of rotatable bonds is 6. The number of hydrogen-bond acceptors (Lipinski definition) is 6. The average molecular weight is 468 g/mol. The molecule has 0 spiro atoms. The summed E-state index contributed by atoms with van der Waals surface area (Å²) in [5.74, 6) is 0.455. The number of aromatic nitrogens is 4. The molecule has 8 heteroatoms. The van der Waals surface area contributed by atoms with Crippen molar-refractivity contribution in [1.29, 1.82) is 0 Å². The molecule has 2 aromatic carbocycles. The number of methoxy groups -OCH3 is 1. The highest BCUT2D eigenvalue weighted by molar-refractivity contribution is 6.15. The number of carbonyl (C=O) groups is 1. The number of ether oxygens (including phenoxy) is 1. The van der Waals surface area contributed by atoms with Gasteiger partial charge in [0.1, 0.15) is 11.4 Å². The molecule has 8 nitrogen and oxygen atoms in total. The molecule has 3 aromatic heterocycles. The fourth-order valence-corrected chi connectivity index (χ4v) is 4.17. The molecular weight excluding hydrogens is 442 g/mol. The van der Waals surface area contributed by atoms with Gasteiger partial charge >= 0.3 is 0 Å². The Kier molecular flexibility index (Phi) is 5.78. The molecule has 0 unspecified atom stereocenters. The summed E-state index contributed by atoms with van der Waals surface area (Å²) in [6, 6.07) is 19.3. The van der Waals surface area contributed by atoms with Crippen LogP contribution < -0.4 is 10.1 Å². The van der Waals surface area contributed by atoms with Crippen molar-refractivity contribution in [1.82, 2.24) is 19.9 Å². The van der Waals surface area contributed by atoms with Crippen LogP contribution in [-0.2, 0) is 6.54 Å². The maximum absolute atomic E-state index is 13.6. The topological polar surface area (TPSA) is 95.1 Å². The Balaban J connectivity index is 1.51. The molecule has 3 heterocycles. The van der Waals surface area contributed by atoms with Crippen LogP contribution in [0, 0.1) is 20.8 Å². The molecule has 0 saturated carbocycles. The predicted octanol–water partition coefficient (Wildman–Crippen LogP) is 5.32. The summed E-state index contributed by atoms with van der Waals surface area (Å²) in [4.78, 5) is 18.0. The molecule has 35 heavy (non-hydrogen) atoms. The van der Waals surface area contributed by atoms with Crippen LogP contribution in [0.1, 0.15) is 33.0 Å². The van der Waals surface area contributed by atoms with E-state index in [2.05, 4.69) is 32.7 Å². The number of fused-ring (bicyclic) bond motifs is 1. The summed E-state index contributed by atoms with van der Waals surface area (Å²) in [7, 11) is 1.61. The molecule has 0 aliphatic rings. The van der Waals surface area contributed by atoms with E-state index in [1.165, 1.54) is 0 Å². The molecule has 0 radical (unpaired) electrons. The van der Waals surface area contributed by atoms with Gasteiger partial charge < -0.3 is 14.6 Å². The van der Waals surface area contributed by atoms with Gasteiger partial charge in [-0.05, 0) is 56.7 Å². The zero-order chi connectivity index (χ0) is 24.5. The highest BCUT2D eigenvalue weighted by atomic mass is 16.5. The van der Waals surface area contributed by atoms with Gasteiger partial charge in [-0.15, -0.1) is 0 Å². The smallest absolute Gasteiger partial charge is 0.259 e. The first-order valence-corrected chi connectivity index (χ1v) is 11.3. The fraction of sp³-hybridized carbons (Fsp3) is 0.185. The second-order valence-corrected chi connectivity index (χ2v) is 8.39. The van der Waals surface area contributed by atoms with Crippen molar-refractivity contribution in [3.8, 4) is 17.0 Å². The Morgan fingerprint density at radius 1 is 1.06 bits per heavy atom. The van der Waals surface area contributed by atoms with Gasteiger partial charge in [0.25, 0.3) is 11.6 Å². The minimum absolute atomic E-state index is 0.274. The van der Waals surface area contributed by atoms with Gasteiger partial charge in [-0.2, -0.15) is 5.10 Å². The van der Waals surface area contributed by atoms with Crippen molar-refractivity contribution in [2.75, 3.05) is 12.4 Å². The standard InChI is InChI=1S/C27H25N5O3/c1-16-14-22(23-25(31-35-27(23)28-16)20-10-12-21(34-4)13-11-20)26(33)29-24-17(2)30-32(18(24)3)15-19-8-6-5-7-9-19/h5-14H,15H2,1-4H3,(H,29,33). The van der Waals surface area contributed by atoms with Crippen LogP contribution in [0.3, 0.4) is 0 Å². The molecule has 1 amide bonds. The van der Waals surface area contributed by atoms with Crippen molar-refractivity contribution in [2.24, 2.45) is 0 Å². The van der Waals surface area contributed by atoms with E-state index < -0.39 is 0 Å². The van der Waals surface area contributed by atoms with E-state index in [9.17, 15) is 4.79 Å². The van der Waals surface area contributed by atoms with Crippen LogP contribution in [0.5, 0.6) is 5.75 Å². The quantitative estimate of drug-likeness (QED) is 0.363. The Hall–Kier alpha value is -4.46. The lowest BCUT2D eigenvalue weighted by atomic mass is 10.0. The summed E-state index contributed by atoms with van der Waals surface area (Å²) >= 11 is 0. The summed E-state index contributed by atoms with van der Waals surface area (Å²) in [6.07, 6.45) is 0. The monoisotopic (exact) mass is 467 g/mol. The van der Waals surface area contributed by atoms with E-state index in [4.69, 9.17) is 9.26 Å². The van der Waals surface area contributed by atoms with Gasteiger partial charge in [0.05, 0.1) is 41.7 Å². The lowest BCUT2D eigenvalue weighted by molar-refractivity contribution is 0.102. The second kappa shape index (κ2) is 9.06. The molecule has 0 aliphatic heterocycles. The van der Waals surface area contributed by atoms with Crippen molar-refractivity contribution in [3.05, 3.63) is 88.9 Å². The molecule has 5 aromatic rings. The van der Waals surface area contributed by atoms with Gasteiger partial charge in [0.2, 0.25) is 0 Å². The number of benzene rings is 2. The van der Waals surface area contributed by atoms with Crippen molar-refractivity contribution < 1.29 is 14.1 Å². The summed E-state index contributed by atoms with van der Waals surface area (Å²) in [5.41, 5.74) is 6.21. The van der Waals surface area contributed by atoms with Crippen LogP contribution in [0.4, 0.5) is 5.69 Å². The number of aryl methyl sites for hydroxylation is 2. The number of pyridine rings is 1.